The molecule has 0 aliphatic rings. The second-order valence-corrected chi connectivity index (χ2v) is 4.83. The summed E-state index contributed by atoms with van der Waals surface area (Å²) in [5.41, 5.74) is 0.230. The Balaban J connectivity index is 3.16. The van der Waals surface area contributed by atoms with E-state index in [4.69, 9.17) is 0 Å². The zero-order valence-electron chi connectivity index (χ0n) is 10.3. The van der Waals surface area contributed by atoms with Crippen LogP contribution in [0.2, 0.25) is 0 Å². The number of aromatic carboxylic acids is 1. The van der Waals surface area contributed by atoms with Crippen molar-refractivity contribution in [2.45, 2.75) is 32.7 Å². The Hall–Kier alpha value is -1.10. The zero-order valence-corrected chi connectivity index (χ0v) is 11.9. The van der Waals surface area contributed by atoms with Crippen LogP contribution in [0.25, 0.3) is 0 Å². The van der Waals surface area contributed by atoms with E-state index in [2.05, 4.69) is 34.8 Å². The number of carboxylic acid groups (broad SMARTS) is 1. The minimum absolute atomic E-state index is 0.230. The number of nitrogens with zero attached hydrogens (tertiary/aromatic N) is 2. The molecule has 0 aliphatic heterocycles. The summed E-state index contributed by atoms with van der Waals surface area (Å²) in [6, 6.07) is 1.89. The molecule has 1 rings (SSSR count). The molecule has 0 amide bonds. The quantitative estimate of drug-likeness (QED) is 0.907. The Labute approximate surface area is 110 Å². The minimum Gasteiger partial charge on any atom is -0.478 e. The number of carbonyl (C=O) groups is 1. The van der Waals surface area contributed by atoms with Gasteiger partial charge in [0.1, 0.15) is 11.4 Å². The van der Waals surface area contributed by atoms with Crippen LogP contribution in [0, 0.1) is 0 Å². The molecule has 0 saturated heterocycles. The van der Waals surface area contributed by atoms with Gasteiger partial charge in [0.15, 0.2) is 0 Å². The topological polar surface area (TPSA) is 53.4 Å². The third-order valence-corrected chi connectivity index (χ3v) is 3.32. The lowest BCUT2D eigenvalue weighted by Crippen LogP contribution is -2.32. The average molecular weight is 301 g/mol. The van der Waals surface area contributed by atoms with E-state index in [0.29, 0.717) is 16.3 Å². The van der Waals surface area contributed by atoms with E-state index < -0.39 is 5.97 Å². The van der Waals surface area contributed by atoms with Crippen molar-refractivity contribution in [3.05, 3.63) is 22.3 Å². The summed E-state index contributed by atoms with van der Waals surface area (Å²) >= 11 is 3.24. The Morgan fingerprint density at radius 1 is 1.53 bits per heavy atom. The predicted molar refractivity (Wildman–Crippen MR) is 71.7 cm³/mol. The number of hydrogen-bond acceptors (Lipinski definition) is 3. The van der Waals surface area contributed by atoms with Crippen molar-refractivity contribution < 1.29 is 9.90 Å². The third-order valence-electron chi connectivity index (χ3n) is 2.89. The highest BCUT2D eigenvalue weighted by molar-refractivity contribution is 9.10. The molecule has 0 bridgehead atoms. The molecule has 1 aromatic heterocycles. The smallest absolute Gasteiger partial charge is 0.339 e. The van der Waals surface area contributed by atoms with Crippen molar-refractivity contribution in [2.24, 2.45) is 0 Å². The average Bonchev–Trinajstić information content (AvgIpc) is 2.30. The fourth-order valence-electron chi connectivity index (χ4n) is 1.88. The molecule has 0 saturated carbocycles. The molecule has 0 fully saturated rings. The third kappa shape index (κ3) is 3.19. The van der Waals surface area contributed by atoms with Crippen LogP contribution in [-0.2, 0) is 0 Å². The first-order valence-electron chi connectivity index (χ1n) is 5.62. The lowest BCUT2D eigenvalue weighted by Gasteiger charge is -2.28. The molecule has 0 spiro atoms. The van der Waals surface area contributed by atoms with Gasteiger partial charge in [0.05, 0.1) is 0 Å². The largest absolute Gasteiger partial charge is 0.478 e. The van der Waals surface area contributed by atoms with Gasteiger partial charge < -0.3 is 10.0 Å². The number of aromatic nitrogens is 1. The van der Waals surface area contributed by atoms with Gasteiger partial charge in [-0.05, 0) is 34.8 Å². The highest BCUT2D eigenvalue weighted by atomic mass is 79.9. The van der Waals surface area contributed by atoms with E-state index in [-0.39, 0.29) is 5.56 Å². The summed E-state index contributed by atoms with van der Waals surface area (Å²) in [6.07, 6.45) is 3.55. The van der Waals surface area contributed by atoms with Crippen LogP contribution in [-0.4, -0.2) is 29.1 Å². The van der Waals surface area contributed by atoms with Crippen molar-refractivity contribution in [3.63, 3.8) is 0 Å². The summed E-state index contributed by atoms with van der Waals surface area (Å²) in [6.45, 7) is 4.17. The van der Waals surface area contributed by atoms with E-state index in [9.17, 15) is 9.90 Å². The van der Waals surface area contributed by atoms with Crippen molar-refractivity contribution in [1.29, 1.82) is 0 Å². The standard InChI is InChI=1S/C12H17BrN2O2/c1-4-9(5-2)15(3)11-10(12(16)17)6-8(13)7-14-11/h6-7,9H,4-5H2,1-3H3,(H,16,17). The molecular formula is C12H17BrN2O2. The first-order valence-corrected chi connectivity index (χ1v) is 6.42. The van der Waals surface area contributed by atoms with Crippen molar-refractivity contribution in [3.8, 4) is 0 Å². The SMILES string of the molecule is CCC(CC)N(C)c1ncc(Br)cc1C(=O)O. The molecule has 1 aromatic rings. The monoisotopic (exact) mass is 300 g/mol. The van der Waals surface area contributed by atoms with E-state index in [1.165, 1.54) is 0 Å². The van der Waals surface area contributed by atoms with Gasteiger partial charge in [-0.1, -0.05) is 13.8 Å². The molecule has 0 atom stereocenters. The van der Waals surface area contributed by atoms with Crippen LogP contribution in [0.3, 0.4) is 0 Å². The van der Waals surface area contributed by atoms with Crippen LogP contribution in [0.1, 0.15) is 37.0 Å². The highest BCUT2D eigenvalue weighted by Crippen LogP contribution is 2.23. The Morgan fingerprint density at radius 3 is 2.59 bits per heavy atom. The van der Waals surface area contributed by atoms with Gasteiger partial charge in [0.2, 0.25) is 0 Å². The normalized spacial score (nSPS) is 10.6. The number of halogens is 1. The summed E-state index contributed by atoms with van der Waals surface area (Å²) in [7, 11) is 1.89. The maximum absolute atomic E-state index is 11.2. The van der Waals surface area contributed by atoms with E-state index in [1.54, 1.807) is 12.3 Å². The van der Waals surface area contributed by atoms with Gasteiger partial charge in [-0.2, -0.15) is 0 Å². The summed E-state index contributed by atoms with van der Waals surface area (Å²) in [5, 5.41) is 9.18. The van der Waals surface area contributed by atoms with E-state index in [1.807, 2.05) is 11.9 Å². The van der Waals surface area contributed by atoms with Gasteiger partial charge in [-0.3, -0.25) is 0 Å². The predicted octanol–water partition coefficient (Wildman–Crippen LogP) is 3.17. The highest BCUT2D eigenvalue weighted by Gasteiger charge is 2.19. The van der Waals surface area contributed by atoms with Crippen LogP contribution in [0.5, 0.6) is 0 Å². The van der Waals surface area contributed by atoms with Crippen LogP contribution in [0.4, 0.5) is 5.82 Å². The summed E-state index contributed by atoms with van der Waals surface area (Å²) in [5.74, 6) is -0.430. The first-order chi connectivity index (χ1) is 8.01. The maximum atomic E-state index is 11.2. The molecule has 1 heterocycles. The van der Waals surface area contributed by atoms with Crippen molar-refractivity contribution in [1.82, 2.24) is 4.98 Å². The summed E-state index contributed by atoms with van der Waals surface area (Å²) < 4.78 is 0.677. The van der Waals surface area contributed by atoms with E-state index >= 15 is 0 Å². The minimum atomic E-state index is -0.952. The number of rotatable bonds is 5. The molecule has 0 aliphatic carbocycles. The molecular weight excluding hydrogens is 284 g/mol. The molecule has 4 nitrogen and oxygen atoms in total. The Kier molecular flexibility index (Phi) is 4.93. The number of pyridine rings is 1. The molecule has 1 N–H and O–H groups in total. The summed E-state index contributed by atoms with van der Waals surface area (Å²) in [4.78, 5) is 17.3. The second-order valence-electron chi connectivity index (χ2n) is 3.91. The molecule has 17 heavy (non-hydrogen) atoms. The van der Waals surface area contributed by atoms with Crippen LogP contribution < -0.4 is 4.90 Å². The Bertz CT molecular complexity index is 405. The van der Waals surface area contributed by atoms with Crippen molar-refractivity contribution >= 4 is 27.7 Å². The molecule has 94 valence electrons. The number of hydrogen-bond donors (Lipinski definition) is 1. The fraction of sp³-hybridized carbons (Fsp3) is 0.500. The van der Waals surface area contributed by atoms with Crippen LogP contribution >= 0.6 is 15.9 Å². The second kappa shape index (κ2) is 6.00. The van der Waals surface area contributed by atoms with Crippen molar-refractivity contribution in [2.75, 3.05) is 11.9 Å². The van der Waals surface area contributed by atoms with Gasteiger partial charge in [-0.25, -0.2) is 9.78 Å². The number of carboxylic acids is 1. The lowest BCUT2D eigenvalue weighted by molar-refractivity contribution is 0.0697. The van der Waals surface area contributed by atoms with Crippen LogP contribution in [0.15, 0.2) is 16.7 Å². The first kappa shape index (κ1) is 14.0. The van der Waals surface area contributed by atoms with Gasteiger partial charge in [-0.15, -0.1) is 0 Å². The van der Waals surface area contributed by atoms with Gasteiger partial charge in [0.25, 0.3) is 0 Å². The fourth-order valence-corrected chi connectivity index (χ4v) is 2.21. The number of anilines is 1. The molecule has 0 aromatic carbocycles. The molecule has 5 heteroatoms. The lowest BCUT2D eigenvalue weighted by atomic mass is 10.1. The molecule has 0 radical (unpaired) electrons. The maximum Gasteiger partial charge on any atom is 0.339 e. The van der Waals surface area contributed by atoms with Gasteiger partial charge in [0, 0.05) is 23.8 Å². The molecule has 0 unspecified atom stereocenters. The zero-order chi connectivity index (χ0) is 13.0. The Morgan fingerprint density at radius 2 is 2.12 bits per heavy atom. The van der Waals surface area contributed by atoms with E-state index in [0.717, 1.165) is 12.8 Å². The van der Waals surface area contributed by atoms with Gasteiger partial charge >= 0.3 is 5.97 Å².